The van der Waals surface area contributed by atoms with E-state index in [0.717, 1.165) is 103 Å². The molecule has 3 aromatic carbocycles. The van der Waals surface area contributed by atoms with Gasteiger partial charge in [-0.3, -0.25) is 0 Å². The van der Waals surface area contributed by atoms with E-state index in [9.17, 15) is 0 Å². The minimum absolute atomic E-state index is 0.560. The lowest BCUT2D eigenvalue weighted by Gasteiger charge is -2.18. The van der Waals surface area contributed by atoms with Crippen molar-refractivity contribution in [3.05, 3.63) is 71.2 Å². The first-order chi connectivity index (χ1) is 21.0. The number of nitrogens with one attached hydrogen (secondary N) is 1. The number of halogens is 1. The molecule has 0 unspecified atom stereocenters. The summed E-state index contributed by atoms with van der Waals surface area (Å²) in [6, 6.07) is 19.9. The largest absolute Gasteiger partial charge is 0.493 e. The van der Waals surface area contributed by atoms with Gasteiger partial charge in [-0.25, -0.2) is 4.98 Å². The molecule has 1 heterocycles. The zero-order chi connectivity index (χ0) is 30.4. The van der Waals surface area contributed by atoms with Crippen LogP contribution in [-0.4, -0.2) is 78.9 Å². The van der Waals surface area contributed by atoms with Crippen LogP contribution >= 0.6 is 11.6 Å². The molecule has 0 saturated heterocycles. The van der Waals surface area contributed by atoms with E-state index in [2.05, 4.69) is 42.5 Å². The number of nitrogens with zero attached hydrogens (tertiary/aromatic N) is 3. The van der Waals surface area contributed by atoms with Crippen LogP contribution in [-0.2, 0) is 6.42 Å². The van der Waals surface area contributed by atoms with E-state index in [0.29, 0.717) is 19.8 Å². The minimum Gasteiger partial charge on any atom is -0.493 e. The van der Waals surface area contributed by atoms with Crippen molar-refractivity contribution in [3.8, 4) is 28.6 Å². The third-order valence-corrected chi connectivity index (χ3v) is 8.04. The number of hydrogen-bond acceptors (Lipinski definition) is 6. The van der Waals surface area contributed by atoms with E-state index in [1.54, 1.807) is 0 Å². The predicted molar refractivity (Wildman–Crippen MR) is 178 cm³/mol. The summed E-state index contributed by atoms with van der Waals surface area (Å²) in [5.41, 5.74) is 3.92. The molecule has 0 aliphatic carbocycles. The van der Waals surface area contributed by atoms with Crippen LogP contribution in [0.4, 0.5) is 0 Å². The standard InChI is InChI=1S/C35H47ClN4O3/c1-5-39(6-2)20-9-22-41-29-16-18-32-33(25-29)38-35(37-32)31-17-15-30(42-24-19-27-11-13-28(36)14-12-27)26-34(31)43-23-10-21-40(7-3)8-4/h11-18,25-26H,5-10,19-24H2,1-4H3,(H,37,38). The molecule has 232 valence electrons. The fourth-order valence-corrected chi connectivity index (χ4v) is 5.21. The van der Waals surface area contributed by atoms with Gasteiger partial charge >= 0.3 is 0 Å². The number of H-pyrrole nitrogens is 1. The lowest BCUT2D eigenvalue weighted by atomic mass is 10.1. The fraction of sp³-hybridized carbons (Fsp3) is 0.457. The molecule has 0 radical (unpaired) electrons. The Kier molecular flexibility index (Phi) is 13.0. The predicted octanol–water partition coefficient (Wildman–Crippen LogP) is 7.73. The van der Waals surface area contributed by atoms with Gasteiger partial charge in [-0.1, -0.05) is 51.4 Å². The number of fused-ring (bicyclic) bond motifs is 1. The van der Waals surface area contributed by atoms with Crippen LogP contribution in [0.2, 0.25) is 5.02 Å². The Balaban J connectivity index is 1.46. The van der Waals surface area contributed by atoms with Crippen molar-refractivity contribution in [3.63, 3.8) is 0 Å². The number of imidazole rings is 1. The highest BCUT2D eigenvalue weighted by molar-refractivity contribution is 6.30. The normalized spacial score (nSPS) is 11.5. The maximum atomic E-state index is 6.36. The minimum atomic E-state index is 0.560. The van der Waals surface area contributed by atoms with Crippen LogP contribution in [0, 0.1) is 0 Å². The Morgan fingerprint density at radius 2 is 1.30 bits per heavy atom. The van der Waals surface area contributed by atoms with Crippen LogP contribution in [0.3, 0.4) is 0 Å². The molecule has 0 atom stereocenters. The van der Waals surface area contributed by atoms with Crippen molar-refractivity contribution in [1.29, 1.82) is 0 Å². The number of ether oxygens (including phenoxy) is 3. The highest BCUT2D eigenvalue weighted by Crippen LogP contribution is 2.34. The average molecular weight is 607 g/mol. The van der Waals surface area contributed by atoms with Gasteiger partial charge in [0, 0.05) is 36.7 Å². The molecule has 0 fully saturated rings. The molecule has 4 aromatic rings. The van der Waals surface area contributed by atoms with Crippen molar-refractivity contribution < 1.29 is 14.2 Å². The Bertz CT molecular complexity index is 1380. The quantitative estimate of drug-likeness (QED) is 0.110. The maximum absolute atomic E-state index is 6.36. The van der Waals surface area contributed by atoms with Crippen molar-refractivity contribution >= 4 is 22.6 Å². The second-order valence-electron chi connectivity index (χ2n) is 10.6. The first-order valence-electron chi connectivity index (χ1n) is 15.7. The first-order valence-corrected chi connectivity index (χ1v) is 16.1. The third kappa shape index (κ3) is 9.88. The number of rotatable bonds is 19. The molecule has 0 spiro atoms. The molecule has 0 saturated carbocycles. The fourth-order valence-electron chi connectivity index (χ4n) is 5.08. The summed E-state index contributed by atoms with van der Waals surface area (Å²) in [6.07, 6.45) is 2.73. The van der Waals surface area contributed by atoms with Gasteiger partial charge in [0.05, 0.1) is 36.4 Å². The molecular formula is C35H47ClN4O3. The van der Waals surface area contributed by atoms with E-state index in [1.807, 2.05) is 60.7 Å². The molecule has 0 amide bonds. The van der Waals surface area contributed by atoms with Gasteiger partial charge in [0.1, 0.15) is 23.1 Å². The van der Waals surface area contributed by atoms with Crippen LogP contribution in [0.1, 0.15) is 46.1 Å². The van der Waals surface area contributed by atoms with Gasteiger partial charge in [0.2, 0.25) is 0 Å². The smallest absolute Gasteiger partial charge is 0.142 e. The average Bonchev–Trinajstić information content (AvgIpc) is 3.45. The third-order valence-electron chi connectivity index (χ3n) is 7.79. The highest BCUT2D eigenvalue weighted by atomic mass is 35.5. The summed E-state index contributed by atoms with van der Waals surface area (Å²) >= 11 is 6.02. The van der Waals surface area contributed by atoms with Gasteiger partial charge in [-0.2, -0.15) is 0 Å². The monoisotopic (exact) mass is 606 g/mol. The number of aromatic amines is 1. The zero-order valence-corrected chi connectivity index (χ0v) is 27.0. The van der Waals surface area contributed by atoms with Crippen LogP contribution in [0.15, 0.2) is 60.7 Å². The lowest BCUT2D eigenvalue weighted by Crippen LogP contribution is -2.25. The van der Waals surface area contributed by atoms with Crippen molar-refractivity contribution in [2.45, 2.75) is 47.0 Å². The number of hydrogen-bond donors (Lipinski definition) is 1. The number of benzene rings is 3. The molecule has 43 heavy (non-hydrogen) atoms. The molecule has 0 aliphatic heterocycles. The van der Waals surface area contributed by atoms with Gasteiger partial charge in [-0.15, -0.1) is 0 Å². The summed E-state index contributed by atoms with van der Waals surface area (Å²) < 4.78 is 18.6. The van der Waals surface area contributed by atoms with E-state index in [4.69, 9.17) is 30.8 Å². The first kappa shape index (κ1) is 32.6. The molecule has 0 bridgehead atoms. The molecule has 8 heteroatoms. The van der Waals surface area contributed by atoms with Gasteiger partial charge < -0.3 is 29.0 Å². The molecule has 1 aromatic heterocycles. The van der Waals surface area contributed by atoms with Crippen LogP contribution < -0.4 is 14.2 Å². The molecule has 0 aliphatic rings. The Hall–Kier alpha value is -3.26. The summed E-state index contributed by atoms with van der Waals surface area (Å²) in [6.45, 7) is 16.9. The molecule has 1 N–H and O–H groups in total. The molecule has 7 nitrogen and oxygen atoms in total. The SMILES string of the molecule is CCN(CC)CCCOc1ccc2nc(-c3ccc(OCCc4ccc(Cl)cc4)cc3OCCCN(CC)CC)[nH]c2c1. The summed E-state index contributed by atoms with van der Waals surface area (Å²) in [5, 5.41) is 0.739. The molecular weight excluding hydrogens is 560 g/mol. The van der Waals surface area contributed by atoms with E-state index < -0.39 is 0 Å². The van der Waals surface area contributed by atoms with Gasteiger partial charge in [0.15, 0.2) is 0 Å². The highest BCUT2D eigenvalue weighted by Gasteiger charge is 2.14. The summed E-state index contributed by atoms with van der Waals surface area (Å²) in [4.78, 5) is 13.2. The second-order valence-corrected chi connectivity index (χ2v) is 11.0. The lowest BCUT2D eigenvalue weighted by molar-refractivity contribution is 0.248. The van der Waals surface area contributed by atoms with Crippen molar-refractivity contribution in [2.75, 3.05) is 59.1 Å². The van der Waals surface area contributed by atoms with E-state index in [1.165, 1.54) is 5.56 Å². The van der Waals surface area contributed by atoms with Gasteiger partial charge in [0.25, 0.3) is 0 Å². The van der Waals surface area contributed by atoms with Crippen molar-refractivity contribution in [1.82, 2.24) is 19.8 Å². The van der Waals surface area contributed by atoms with E-state index in [-0.39, 0.29) is 0 Å². The Morgan fingerprint density at radius 1 is 0.698 bits per heavy atom. The molecule has 4 rings (SSSR count). The van der Waals surface area contributed by atoms with Crippen LogP contribution in [0.25, 0.3) is 22.4 Å². The van der Waals surface area contributed by atoms with Gasteiger partial charge in [-0.05, 0) is 81.0 Å². The maximum Gasteiger partial charge on any atom is 0.142 e. The second kappa shape index (κ2) is 17.1. The Labute approximate surface area is 262 Å². The van der Waals surface area contributed by atoms with E-state index >= 15 is 0 Å². The van der Waals surface area contributed by atoms with Crippen molar-refractivity contribution in [2.24, 2.45) is 0 Å². The van der Waals surface area contributed by atoms with Crippen LogP contribution in [0.5, 0.6) is 17.2 Å². The summed E-state index contributed by atoms with van der Waals surface area (Å²) in [7, 11) is 0. The Morgan fingerprint density at radius 3 is 1.98 bits per heavy atom. The summed E-state index contributed by atoms with van der Waals surface area (Å²) in [5.74, 6) is 3.14. The topological polar surface area (TPSA) is 62.9 Å². The number of aromatic nitrogens is 2. The zero-order valence-electron chi connectivity index (χ0n) is 26.2.